The van der Waals surface area contributed by atoms with E-state index in [1.807, 2.05) is 42.5 Å². The Balaban J connectivity index is 0.000000281. The Hall–Kier alpha value is -2.33. The number of nitrogens with zero attached hydrogens (tertiary/aromatic N) is 1. The molecule has 1 nitrogen and oxygen atoms in total. The molecule has 1 aromatic carbocycles. The maximum Gasteiger partial charge on any atom is 0.0991 e. The van der Waals surface area contributed by atoms with E-state index >= 15 is 0 Å². The predicted molar refractivity (Wildman–Crippen MR) is 70.6 cm³/mol. The molecule has 0 N–H and O–H groups in total. The van der Waals surface area contributed by atoms with Crippen molar-refractivity contribution in [3.63, 3.8) is 0 Å². The van der Waals surface area contributed by atoms with E-state index in [0.29, 0.717) is 5.57 Å². The number of hydrogen-bond acceptors (Lipinski definition) is 1. The first-order valence-electron chi connectivity index (χ1n) is 4.81. The number of allylic oxidation sites excluding steroid dienone is 4. The Morgan fingerprint density at radius 1 is 1.12 bits per heavy atom. The van der Waals surface area contributed by atoms with Crippen LogP contribution in [-0.2, 0) is 0 Å². The Morgan fingerprint density at radius 2 is 1.75 bits per heavy atom. The van der Waals surface area contributed by atoms with Gasteiger partial charge in [0.2, 0.25) is 0 Å². The van der Waals surface area contributed by atoms with Gasteiger partial charge in [-0.15, -0.1) is 0 Å². The van der Waals surface area contributed by atoms with Crippen LogP contribution in [0.5, 0.6) is 0 Å². The van der Waals surface area contributed by atoms with Crippen LogP contribution >= 0.6 is 0 Å². The molecule has 80 valence electrons. The van der Waals surface area contributed by atoms with E-state index in [2.05, 4.69) is 19.7 Å². The molecule has 0 saturated carbocycles. The fourth-order valence-corrected chi connectivity index (χ4v) is 0.867. The molecule has 0 aromatic heterocycles. The largest absolute Gasteiger partial charge is 0.192 e. The van der Waals surface area contributed by atoms with E-state index in [1.165, 1.54) is 11.6 Å². The van der Waals surface area contributed by atoms with Gasteiger partial charge in [0.1, 0.15) is 0 Å². The van der Waals surface area contributed by atoms with Crippen LogP contribution in [-0.4, -0.2) is 0 Å². The SMILES string of the molecule is C=CC=C(C#N)C=C.C=Cc1ccccc1. The minimum absolute atomic E-state index is 0.542. The van der Waals surface area contributed by atoms with E-state index in [4.69, 9.17) is 5.26 Å². The van der Waals surface area contributed by atoms with Gasteiger partial charge in [-0.25, -0.2) is 0 Å². The Labute approximate surface area is 97.4 Å². The van der Waals surface area contributed by atoms with Gasteiger partial charge in [-0.3, -0.25) is 0 Å². The van der Waals surface area contributed by atoms with Crippen LogP contribution in [0.15, 0.2) is 73.9 Å². The first-order chi connectivity index (χ1) is 7.78. The fraction of sp³-hybridized carbons (Fsp3) is 0. The maximum atomic E-state index is 8.22. The third-order valence-electron chi connectivity index (χ3n) is 1.68. The lowest BCUT2D eigenvalue weighted by Gasteiger charge is -1.85. The van der Waals surface area contributed by atoms with Gasteiger partial charge in [0.15, 0.2) is 0 Å². The minimum atomic E-state index is 0.542. The molecule has 0 fully saturated rings. The zero-order valence-corrected chi connectivity index (χ0v) is 9.26. The second-order valence-corrected chi connectivity index (χ2v) is 2.79. The summed E-state index contributed by atoms with van der Waals surface area (Å²) in [4.78, 5) is 0. The highest BCUT2D eigenvalue weighted by Gasteiger charge is 1.78. The van der Waals surface area contributed by atoms with Gasteiger partial charge >= 0.3 is 0 Å². The van der Waals surface area contributed by atoms with Crippen molar-refractivity contribution < 1.29 is 0 Å². The summed E-state index contributed by atoms with van der Waals surface area (Å²) in [6, 6.07) is 12.0. The summed E-state index contributed by atoms with van der Waals surface area (Å²) >= 11 is 0. The lowest BCUT2D eigenvalue weighted by molar-refractivity contribution is 1.50. The molecule has 1 rings (SSSR count). The first-order valence-corrected chi connectivity index (χ1v) is 4.81. The molecule has 1 aromatic rings. The Bertz CT molecular complexity index is 405. The molecular formula is C15H15N. The van der Waals surface area contributed by atoms with Gasteiger partial charge in [-0.1, -0.05) is 68.3 Å². The third-order valence-corrected chi connectivity index (χ3v) is 1.68. The molecule has 0 heterocycles. The zero-order chi connectivity index (χ0) is 12.2. The summed E-state index contributed by atoms with van der Waals surface area (Å²) < 4.78 is 0. The number of nitriles is 1. The highest BCUT2D eigenvalue weighted by atomic mass is 14.2. The van der Waals surface area contributed by atoms with E-state index in [9.17, 15) is 0 Å². The smallest absolute Gasteiger partial charge is 0.0991 e. The summed E-state index contributed by atoms with van der Waals surface area (Å²) in [6.45, 7) is 10.5. The monoisotopic (exact) mass is 209 g/mol. The van der Waals surface area contributed by atoms with Crippen molar-refractivity contribution in [1.29, 1.82) is 5.26 Å². The van der Waals surface area contributed by atoms with Gasteiger partial charge in [0.05, 0.1) is 11.6 Å². The van der Waals surface area contributed by atoms with Crippen LogP contribution in [0.4, 0.5) is 0 Å². The van der Waals surface area contributed by atoms with Crippen molar-refractivity contribution in [2.75, 3.05) is 0 Å². The lowest BCUT2D eigenvalue weighted by atomic mass is 10.2. The molecule has 0 bridgehead atoms. The molecule has 0 amide bonds. The minimum Gasteiger partial charge on any atom is -0.192 e. The van der Waals surface area contributed by atoms with Gasteiger partial charge in [-0.2, -0.15) is 5.26 Å². The van der Waals surface area contributed by atoms with E-state index < -0.39 is 0 Å². The number of rotatable bonds is 3. The van der Waals surface area contributed by atoms with Crippen molar-refractivity contribution in [2.24, 2.45) is 0 Å². The molecule has 0 radical (unpaired) electrons. The standard InChI is InChI=1S/C8H8.C7H7N/c1-2-8-6-4-3-5-7-8;1-3-5-7(4-2)6-8/h2-7H,1H2;3-5H,1-2H2. The molecule has 0 aliphatic carbocycles. The average Bonchev–Trinajstić information content (AvgIpc) is 2.37. The molecule has 0 aliphatic heterocycles. The van der Waals surface area contributed by atoms with E-state index in [0.717, 1.165) is 0 Å². The summed E-state index contributed by atoms with van der Waals surface area (Å²) in [7, 11) is 0. The normalized spacial score (nSPS) is 9.06. The van der Waals surface area contributed by atoms with Gasteiger partial charge in [0, 0.05) is 0 Å². The van der Waals surface area contributed by atoms with Crippen LogP contribution in [0, 0.1) is 11.3 Å². The van der Waals surface area contributed by atoms with E-state index in [1.54, 1.807) is 12.2 Å². The van der Waals surface area contributed by atoms with E-state index in [-0.39, 0.29) is 0 Å². The zero-order valence-electron chi connectivity index (χ0n) is 9.26. The summed E-state index contributed by atoms with van der Waals surface area (Å²) in [5.41, 5.74) is 1.72. The average molecular weight is 209 g/mol. The molecular weight excluding hydrogens is 194 g/mol. The number of hydrogen-bond donors (Lipinski definition) is 0. The molecule has 0 aliphatic rings. The topological polar surface area (TPSA) is 23.8 Å². The lowest BCUT2D eigenvalue weighted by Crippen LogP contribution is -1.64. The number of benzene rings is 1. The summed E-state index contributed by atoms with van der Waals surface area (Å²) in [5.74, 6) is 0. The quantitative estimate of drug-likeness (QED) is 0.542. The van der Waals surface area contributed by atoms with Crippen LogP contribution in [0.1, 0.15) is 5.56 Å². The van der Waals surface area contributed by atoms with Crippen molar-refractivity contribution in [3.8, 4) is 6.07 Å². The first kappa shape index (κ1) is 13.7. The van der Waals surface area contributed by atoms with Gasteiger partial charge in [-0.05, 0) is 11.6 Å². The third kappa shape index (κ3) is 6.17. The highest BCUT2D eigenvalue weighted by molar-refractivity contribution is 5.45. The Kier molecular flexibility index (Phi) is 7.89. The summed E-state index contributed by atoms with van der Waals surface area (Å²) in [6.07, 6.45) is 6.48. The predicted octanol–water partition coefficient (Wildman–Crippen LogP) is 4.14. The second kappa shape index (κ2) is 9.23. The van der Waals surface area contributed by atoms with Gasteiger partial charge < -0.3 is 0 Å². The molecule has 0 saturated heterocycles. The molecule has 16 heavy (non-hydrogen) atoms. The van der Waals surface area contributed by atoms with Crippen molar-refractivity contribution in [1.82, 2.24) is 0 Å². The van der Waals surface area contributed by atoms with Crippen molar-refractivity contribution in [2.45, 2.75) is 0 Å². The molecule has 0 atom stereocenters. The second-order valence-electron chi connectivity index (χ2n) is 2.79. The Morgan fingerprint density at radius 3 is 2.00 bits per heavy atom. The molecule has 0 spiro atoms. The van der Waals surface area contributed by atoms with Crippen molar-refractivity contribution >= 4 is 6.08 Å². The maximum absolute atomic E-state index is 8.22. The highest BCUT2D eigenvalue weighted by Crippen LogP contribution is 1.97. The fourth-order valence-electron chi connectivity index (χ4n) is 0.867. The summed E-state index contributed by atoms with van der Waals surface area (Å²) in [5, 5.41) is 8.22. The van der Waals surface area contributed by atoms with Crippen molar-refractivity contribution in [3.05, 3.63) is 79.4 Å². The van der Waals surface area contributed by atoms with Gasteiger partial charge in [0.25, 0.3) is 0 Å². The molecule has 1 heteroatoms. The van der Waals surface area contributed by atoms with Crippen LogP contribution in [0.3, 0.4) is 0 Å². The van der Waals surface area contributed by atoms with Crippen LogP contribution in [0.2, 0.25) is 0 Å². The molecule has 0 unspecified atom stereocenters. The van der Waals surface area contributed by atoms with Crippen LogP contribution < -0.4 is 0 Å². The van der Waals surface area contributed by atoms with Crippen LogP contribution in [0.25, 0.3) is 6.08 Å².